The quantitative estimate of drug-likeness (QED) is 0.305. The van der Waals surface area contributed by atoms with E-state index in [4.69, 9.17) is 23.2 Å². The molecule has 2 aliphatic rings. The molecule has 36 heavy (non-hydrogen) atoms. The van der Waals surface area contributed by atoms with E-state index in [0.29, 0.717) is 20.9 Å². The van der Waals surface area contributed by atoms with Crippen LogP contribution < -0.4 is 0 Å². The summed E-state index contributed by atoms with van der Waals surface area (Å²) in [5.74, 6) is 0.382. The number of amides is 2. The Balaban J connectivity index is 1.37. The molecule has 2 heterocycles. The van der Waals surface area contributed by atoms with E-state index in [-0.39, 0.29) is 17.7 Å². The van der Waals surface area contributed by atoms with E-state index in [1.165, 1.54) is 42.6 Å². The van der Waals surface area contributed by atoms with Gasteiger partial charge in [0.1, 0.15) is 0 Å². The van der Waals surface area contributed by atoms with Gasteiger partial charge in [0, 0.05) is 17.1 Å². The summed E-state index contributed by atoms with van der Waals surface area (Å²) >= 11 is 13.1. The van der Waals surface area contributed by atoms with Crippen molar-refractivity contribution in [3.05, 3.63) is 91.6 Å². The van der Waals surface area contributed by atoms with Crippen molar-refractivity contribution in [1.29, 1.82) is 0 Å². The third-order valence-corrected chi connectivity index (χ3v) is 8.83. The van der Waals surface area contributed by atoms with E-state index in [2.05, 4.69) is 41.8 Å². The minimum atomic E-state index is -0.294. The van der Waals surface area contributed by atoms with Crippen LogP contribution >= 0.6 is 35.0 Å². The number of rotatable bonds is 5. The number of nitrogens with zero attached hydrogens (tertiary/aromatic N) is 2. The second kappa shape index (κ2) is 10.5. The predicted molar refractivity (Wildman–Crippen MR) is 149 cm³/mol. The van der Waals surface area contributed by atoms with Crippen molar-refractivity contribution in [3.8, 4) is 5.69 Å². The van der Waals surface area contributed by atoms with Crippen molar-refractivity contribution in [2.24, 2.45) is 0 Å². The topological polar surface area (TPSA) is 42.3 Å². The number of hydrogen-bond acceptors (Lipinski definition) is 3. The molecule has 5 rings (SSSR count). The molecule has 1 aromatic heterocycles. The number of benzene rings is 2. The van der Waals surface area contributed by atoms with Gasteiger partial charge in [-0.25, -0.2) is 0 Å². The third kappa shape index (κ3) is 5.02. The minimum absolute atomic E-state index is 0.158. The fourth-order valence-corrected chi connectivity index (χ4v) is 6.41. The average molecular weight is 540 g/mol. The maximum absolute atomic E-state index is 13.1. The number of aryl methyl sites for hydroxylation is 1. The van der Waals surface area contributed by atoms with Gasteiger partial charge in [0.25, 0.3) is 11.1 Å². The first-order valence-corrected chi connectivity index (χ1v) is 13.9. The second-order valence-electron chi connectivity index (χ2n) is 9.60. The first kappa shape index (κ1) is 25.2. The fourth-order valence-electron chi connectivity index (χ4n) is 5.26. The van der Waals surface area contributed by atoms with Crippen molar-refractivity contribution in [2.75, 3.05) is 0 Å². The molecule has 2 amide bonds. The van der Waals surface area contributed by atoms with E-state index in [1.807, 2.05) is 13.0 Å². The van der Waals surface area contributed by atoms with Crippen LogP contribution in [0.3, 0.4) is 0 Å². The van der Waals surface area contributed by atoms with Crippen LogP contribution in [0.25, 0.3) is 11.8 Å². The van der Waals surface area contributed by atoms with Crippen molar-refractivity contribution in [3.63, 3.8) is 0 Å². The van der Waals surface area contributed by atoms with E-state index >= 15 is 0 Å². The van der Waals surface area contributed by atoms with Crippen LogP contribution in [0.2, 0.25) is 10.0 Å². The Hall–Kier alpha value is -2.47. The lowest BCUT2D eigenvalue weighted by molar-refractivity contribution is -0.123. The van der Waals surface area contributed by atoms with Crippen LogP contribution in [-0.4, -0.2) is 20.6 Å². The van der Waals surface area contributed by atoms with E-state index in [0.717, 1.165) is 40.0 Å². The van der Waals surface area contributed by atoms with Crippen LogP contribution in [0, 0.1) is 13.8 Å². The summed E-state index contributed by atoms with van der Waals surface area (Å²) in [4.78, 5) is 27.4. The monoisotopic (exact) mass is 538 g/mol. The Morgan fingerprint density at radius 2 is 1.67 bits per heavy atom. The van der Waals surface area contributed by atoms with Gasteiger partial charge in [-0.15, -0.1) is 0 Å². The van der Waals surface area contributed by atoms with Gasteiger partial charge in [-0.2, -0.15) is 0 Å². The lowest BCUT2D eigenvalue weighted by Crippen LogP contribution is -2.27. The first-order valence-electron chi connectivity index (χ1n) is 12.3. The number of halogens is 2. The summed E-state index contributed by atoms with van der Waals surface area (Å²) in [6.45, 7) is 4.27. The van der Waals surface area contributed by atoms with E-state index in [1.54, 1.807) is 18.2 Å². The Morgan fingerprint density at radius 3 is 2.36 bits per heavy atom. The Kier molecular flexibility index (Phi) is 7.34. The van der Waals surface area contributed by atoms with Crippen LogP contribution in [0.15, 0.2) is 53.4 Å². The molecule has 2 aromatic carbocycles. The molecule has 0 unspecified atom stereocenters. The molecular formula is C29H28Cl2N2O2S. The maximum Gasteiger partial charge on any atom is 0.293 e. The summed E-state index contributed by atoms with van der Waals surface area (Å²) in [6.07, 6.45) is 8.40. The summed E-state index contributed by atoms with van der Waals surface area (Å²) < 4.78 is 2.20. The zero-order chi connectivity index (χ0) is 25.4. The molecule has 1 aliphatic carbocycles. The van der Waals surface area contributed by atoms with Gasteiger partial charge in [0.15, 0.2) is 0 Å². The van der Waals surface area contributed by atoms with Crippen LogP contribution in [0.5, 0.6) is 0 Å². The Labute approximate surface area is 226 Å². The minimum Gasteiger partial charge on any atom is -0.318 e. The number of hydrogen-bond donors (Lipinski definition) is 0. The molecule has 0 spiro atoms. The molecule has 0 atom stereocenters. The van der Waals surface area contributed by atoms with Gasteiger partial charge < -0.3 is 4.57 Å². The molecule has 2 fully saturated rings. The molecule has 0 bridgehead atoms. The van der Waals surface area contributed by atoms with Gasteiger partial charge in [-0.1, -0.05) is 60.7 Å². The number of aromatic nitrogens is 1. The van der Waals surface area contributed by atoms with Crippen molar-refractivity contribution < 1.29 is 9.59 Å². The van der Waals surface area contributed by atoms with Crippen molar-refractivity contribution in [1.82, 2.24) is 9.47 Å². The lowest BCUT2D eigenvalue weighted by atomic mass is 9.84. The largest absolute Gasteiger partial charge is 0.318 e. The lowest BCUT2D eigenvalue weighted by Gasteiger charge is -2.22. The highest BCUT2D eigenvalue weighted by Gasteiger charge is 2.35. The van der Waals surface area contributed by atoms with Gasteiger partial charge >= 0.3 is 0 Å². The molecule has 3 aromatic rings. The molecule has 7 heteroatoms. The highest BCUT2D eigenvalue weighted by molar-refractivity contribution is 8.18. The van der Waals surface area contributed by atoms with Crippen LogP contribution in [0.4, 0.5) is 4.79 Å². The summed E-state index contributed by atoms with van der Waals surface area (Å²) in [6, 6.07) is 16.1. The normalized spacial score (nSPS) is 18.0. The summed E-state index contributed by atoms with van der Waals surface area (Å²) in [5, 5.41) is 0.550. The van der Waals surface area contributed by atoms with Crippen LogP contribution in [-0.2, 0) is 11.3 Å². The van der Waals surface area contributed by atoms with E-state index < -0.39 is 0 Å². The van der Waals surface area contributed by atoms with Crippen LogP contribution in [0.1, 0.15) is 66.1 Å². The number of carbonyl (C=O) groups excluding carboxylic acids is 2. The number of imide groups is 1. The molecule has 0 N–H and O–H groups in total. The molecular weight excluding hydrogens is 511 g/mol. The molecule has 0 radical (unpaired) electrons. The smallest absolute Gasteiger partial charge is 0.293 e. The SMILES string of the molecule is Cc1cc(/C=C2\SC(=O)N(Cc3ccc(Cl)c(Cl)c3)C2=O)c(C)n1-c1ccc(C2CCCCC2)cc1. The third-order valence-electron chi connectivity index (χ3n) is 7.18. The summed E-state index contributed by atoms with van der Waals surface area (Å²) in [5.41, 5.74) is 6.34. The molecule has 1 saturated carbocycles. The molecule has 1 saturated heterocycles. The number of carbonyl (C=O) groups is 2. The molecule has 186 valence electrons. The number of thioether (sulfide) groups is 1. The maximum atomic E-state index is 13.1. The van der Waals surface area contributed by atoms with Crippen molar-refractivity contribution in [2.45, 2.75) is 58.4 Å². The predicted octanol–water partition coefficient (Wildman–Crippen LogP) is 8.69. The molecule has 1 aliphatic heterocycles. The zero-order valence-electron chi connectivity index (χ0n) is 20.4. The highest BCUT2D eigenvalue weighted by atomic mass is 35.5. The zero-order valence-corrected chi connectivity index (χ0v) is 22.7. The van der Waals surface area contributed by atoms with E-state index in [9.17, 15) is 9.59 Å². The Morgan fingerprint density at radius 1 is 0.944 bits per heavy atom. The standard InChI is InChI=1S/C29H28Cl2N2O2S/c1-18-14-23(19(2)33(18)24-11-9-22(10-12-24)21-6-4-3-5-7-21)16-27-28(34)32(29(35)36-27)17-20-8-13-25(30)26(31)15-20/h8-16,21H,3-7,17H2,1-2H3/b27-16-. The average Bonchev–Trinajstić information content (AvgIpc) is 3.30. The summed E-state index contributed by atoms with van der Waals surface area (Å²) in [7, 11) is 0. The second-order valence-corrected chi connectivity index (χ2v) is 11.4. The van der Waals surface area contributed by atoms with Gasteiger partial charge in [0.05, 0.1) is 21.5 Å². The van der Waals surface area contributed by atoms with Crippen molar-refractivity contribution >= 4 is 52.2 Å². The first-order chi connectivity index (χ1) is 17.3. The highest BCUT2D eigenvalue weighted by Crippen LogP contribution is 2.36. The molecule has 4 nitrogen and oxygen atoms in total. The van der Waals surface area contributed by atoms with Gasteiger partial charge in [-0.05, 0) is 97.5 Å². The Bertz CT molecular complexity index is 1350. The van der Waals surface area contributed by atoms with Gasteiger partial charge in [-0.3, -0.25) is 14.5 Å². The fraction of sp³-hybridized carbons (Fsp3) is 0.310. The van der Waals surface area contributed by atoms with Gasteiger partial charge in [0.2, 0.25) is 0 Å².